The third-order valence-corrected chi connectivity index (χ3v) is 4.60. The minimum absolute atomic E-state index is 0.143. The topological polar surface area (TPSA) is 90.2 Å². The predicted molar refractivity (Wildman–Crippen MR) is 73.9 cm³/mol. The number of aliphatic hydroxyl groups excluding tert-OH is 3. The van der Waals surface area contributed by atoms with Crippen molar-refractivity contribution in [1.82, 2.24) is 4.90 Å². The summed E-state index contributed by atoms with van der Waals surface area (Å²) in [4.78, 5) is 13.6. The van der Waals surface area contributed by atoms with Crippen molar-refractivity contribution in [3.63, 3.8) is 0 Å². The van der Waals surface area contributed by atoms with Gasteiger partial charge in [-0.05, 0) is 17.7 Å². The molecule has 1 amide bonds. The number of carbonyl (C=O) groups excluding carboxylic acids is 1. The molecule has 1 aromatic carbocycles. The fourth-order valence-electron chi connectivity index (χ4n) is 3.54. The molecule has 3 N–H and O–H groups in total. The number of ether oxygens (including phenoxy) is 1. The lowest BCUT2D eigenvalue weighted by Crippen LogP contribution is -2.41. The molecule has 0 aromatic heterocycles. The van der Waals surface area contributed by atoms with E-state index < -0.39 is 24.3 Å². The molecule has 1 aromatic rings. The minimum Gasteiger partial charge on any atom is -0.497 e. The van der Waals surface area contributed by atoms with E-state index in [2.05, 4.69) is 0 Å². The fraction of sp³-hybridized carbons (Fsp3) is 0.533. The molecule has 21 heavy (non-hydrogen) atoms. The Morgan fingerprint density at radius 3 is 2.48 bits per heavy atom. The van der Waals surface area contributed by atoms with Gasteiger partial charge in [0.2, 0.25) is 5.91 Å². The molecule has 2 heterocycles. The van der Waals surface area contributed by atoms with Crippen LogP contribution in [0.15, 0.2) is 24.3 Å². The molecule has 0 spiro atoms. The van der Waals surface area contributed by atoms with Gasteiger partial charge in [0.25, 0.3) is 0 Å². The summed E-state index contributed by atoms with van der Waals surface area (Å²) in [5.74, 6) is 0.389. The highest BCUT2D eigenvalue weighted by molar-refractivity contribution is 5.82. The number of methoxy groups -OCH3 is 1. The monoisotopic (exact) mass is 293 g/mol. The zero-order valence-corrected chi connectivity index (χ0v) is 11.7. The van der Waals surface area contributed by atoms with Gasteiger partial charge < -0.3 is 25.0 Å². The Hall–Kier alpha value is -1.63. The number of hydrogen-bond acceptors (Lipinski definition) is 5. The summed E-state index contributed by atoms with van der Waals surface area (Å²) in [5.41, 5.74) is 0.918. The van der Waals surface area contributed by atoms with E-state index in [9.17, 15) is 20.1 Å². The van der Waals surface area contributed by atoms with Crippen LogP contribution in [0.1, 0.15) is 17.9 Å². The van der Waals surface area contributed by atoms with Crippen LogP contribution in [0, 0.1) is 0 Å². The summed E-state index contributed by atoms with van der Waals surface area (Å²) in [7, 11) is 1.58. The smallest absolute Gasteiger partial charge is 0.224 e. The van der Waals surface area contributed by atoms with Crippen LogP contribution in [0.25, 0.3) is 0 Å². The first kappa shape index (κ1) is 14.3. The first-order valence-corrected chi connectivity index (χ1v) is 7.00. The number of amides is 1. The number of hydrogen-bond donors (Lipinski definition) is 3. The third kappa shape index (κ3) is 2.10. The molecule has 6 heteroatoms. The average Bonchev–Trinajstić information content (AvgIpc) is 2.97. The Morgan fingerprint density at radius 2 is 1.90 bits per heavy atom. The second-order valence-corrected chi connectivity index (χ2v) is 5.61. The Labute approximate surface area is 122 Å². The lowest BCUT2D eigenvalue weighted by Gasteiger charge is -2.25. The third-order valence-electron chi connectivity index (χ3n) is 4.60. The Kier molecular flexibility index (Phi) is 3.61. The van der Waals surface area contributed by atoms with Gasteiger partial charge >= 0.3 is 0 Å². The van der Waals surface area contributed by atoms with Crippen LogP contribution in [0.5, 0.6) is 5.75 Å². The highest BCUT2D eigenvalue weighted by Gasteiger charge is 2.56. The predicted octanol–water partition coefficient (Wildman–Crippen LogP) is -0.524. The molecular weight excluding hydrogens is 274 g/mol. The SMILES string of the molecule is COc1ccc([C@@H]2CC(=O)N3[C@H]2[C@@H](O)[C@H](O)[C@@H]3CO)cc1. The maximum Gasteiger partial charge on any atom is 0.224 e. The molecule has 5 atom stereocenters. The van der Waals surface area contributed by atoms with Crippen LogP contribution in [0.2, 0.25) is 0 Å². The normalized spacial score (nSPS) is 35.1. The van der Waals surface area contributed by atoms with Crippen LogP contribution in [-0.2, 0) is 4.79 Å². The standard InChI is InChI=1S/C15H19NO5/c1-21-9-4-2-8(3-5-9)10-6-12(18)16-11(7-17)14(19)15(20)13(10)16/h2-5,10-11,13-15,17,19-20H,6-7H2,1H3/t10-,11-,13+,14+,15+/m0/s1. The van der Waals surface area contributed by atoms with Crippen molar-refractivity contribution >= 4 is 5.91 Å². The molecule has 114 valence electrons. The van der Waals surface area contributed by atoms with Crippen LogP contribution >= 0.6 is 0 Å². The maximum atomic E-state index is 12.2. The number of rotatable bonds is 3. The number of carbonyl (C=O) groups is 1. The van der Waals surface area contributed by atoms with Crippen LogP contribution < -0.4 is 4.74 Å². The summed E-state index contributed by atoms with van der Waals surface area (Å²) in [6, 6.07) is 6.14. The Balaban J connectivity index is 1.92. The number of benzene rings is 1. The molecule has 2 fully saturated rings. The van der Waals surface area contributed by atoms with Gasteiger partial charge in [0.1, 0.15) is 18.0 Å². The summed E-state index contributed by atoms with van der Waals surface area (Å²) in [5, 5.41) is 29.6. The molecule has 3 rings (SSSR count). The van der Waals surface area contributed by atoms with Crippen molar-refractivity contribution in [1.29, 1.82) is 0 Å². The second kappa shape index (κ2) is 5.29. The van der Waals surface area contributed by atoms with E-state index in [0.29, 0.717) is 0 Å². The van der Waals surface area contributed by atoms with Gasteiger partial charge in [0.05, 0.1) is 25.8 Å². The number of aliphatic hydroxyl groups is 3. The zero-order chi connectivity index (χ0) is 15.1. The lowest BCUT2D eigenvalue weighted by atomic mass is 9.88. The number of nitrogens with zero attached hydrogens (tertiary/aromatic N) is 1. The van der Waals surface area contributed by atoms with Gasteiger partial charge in [0.15, 0.2) is 0 Å². The van der Waals surface area contributed by atoms with E-state index in [1.54, 1.807) is 7.11 Å². The van der Waals surface area contributed by atoms with Gasteiger partial charge in [-0.2, -0.15) is 0 Å². The summed E-state index contributed by atoms with van der Waals surface area (Å²) in [6.45, 7) is -0.351. The lowest BCUT2D eigenvalue weighted by molar-refractivity contribution is -0.131. The quantitative estimate of drug-likeness (QED) is 0.697. The molecular formula is C15H19NO5. The van der Waals surface area contributed by atoms with Gasteiger partial charge in [-0.1, -0.05) is 12.1 Å². The zero-order valence-electron chi connectivity index (χ0n) is 11.7. The molecule has 0 bridgehead atoms. The fourth-order valence-corrected chi connectivity index (χ4v) is 3.54. The van der Waals surface area contributed by atoms with Crippen molar-refractivity contribution in [2.24, 2.45) is 0 Å². The van der Waals surface area contributed by atoms with Gasteiger partial charge in [-0.3, -0.25) is 4.79 Å². The van der Waals surface area contributed by atoms with E-state index in [1.165, 1.54) is 4.90 Å². The Morgan fingerprint density at radius 1 is 1.24 bits per heavy atom. The van der Waals surface area contributed by atoms with Crippen molar-refractivity contribution in [3.05, 3.63) is 29.8 Å². The molecule has 0 aliphatic carbocycles. The highest BCUT2D eigenvalue weighted by atomic mass is 16.5. The van der Waals surface area contributed by atoms with E-state index in [4.69, 9.17) is 4.74 Å². The first-order valence-electron chi connectivity index (χ1n) is 7.00. The average molecular weight is 293 g/mol. The Bertz CT molecular complexity index is 531. The van der Waals surface area contributed by atoms with E-state index in [0.717, 1.165) is 11.3 Å². The summed E-state index contributed by atoms with van der Waals surface area (Å²) >= 11 is 0. The molecule has 6 nitrogen and oxygen atoms in total. The molecule has 2 aliphatic rings. The van der Waals surface area contributed by atoms with E-state index in [-0.39, 0.29) is 24.9 Å². The maximum absolute atomic E-state index is 12.2. The molecule has 2 aliphatic heterocycles. The van der Waals surface area contributed by atoms with Gasteiger partial charge in [-0.25, -0.2) is 0 Å². The van der Waals surface area contributed by atoms with E-state index in [1.807, 2.05) is 24.3 Å². The summed E-state index contributed by atoms with van der Waals surface area (Å²) < 4.78 is 5.11. The molecule has 0 saturated carbocycles. The van der Waals surface area contributed by atoms with Gasteiger partial charge in [-0.15, -0.1) is 0 Å². The molecule has 0 radical (unpaired) electrons. The van der Waals surface area contributed by atoms with Crippen LogP contribution in [0.3, 0.4) is 0 Å². The molecule has 2 saturated heterocycles. The van der Waals surface area contributed by atoms with Crippen LogP contribution in [0.4, 0.5) is 0 Å². The van der Waals surface area contributed by atoms with Crippen LogP contribution in [-0.4, -0.2) is 64.1 Å². The number of fused-ring (bicyclic) bond motifs is 1. The highest BCUT2D eigenvalue weighted by Crippen LogP contribution is 2.43. The van der Waals surface area contributed by atoms with E-state index >= 15 is 0 Å². The van der Waals surface area contributed by atoms with Crippen molar-refractivity contribution < 1.29 is 24.9 Å². The molecule has 0 unspecified atom stereocenters. The van der Waals surface area contributed by atoms with Crippen molar-refractivity contribution in [2.75, 3.05) is 13.7 Å². The minimum atomic E-state index is -1.11. The van der Waals surface area contributed by atoms with Crippen molar-refractivity contribution in [3.8, 4) is 5.75 Å². The second-order valence-electron chi connectivity index (χ2n) is 5.61. The first-order chi connectivity index (χ1) is 10.1. The largest absolute Gasteiger partial charge is 0.497 e. The summed E-state index contributed by atoms with van der Waals surface area (Å²) in [6.07, 6.45) is -1.87. The van der Waals surface area contributed by atoms with Gasteiger partial charge in [0, 0.05) is 12.3 Å². The van der Waals surface area contributed by atoms with Crippen molar-refractivity contribution in [2.45, 2.75) is 36.6 Å².